The van der Waals surface area contributed by atoms with Crippen molar-refractivity contribution >= 4 is 23.5 Å². The maximum Gasteiger partial charge on any atom is 0.270 e. The Morgan fingerprint density at radius 1 is 1.16 bits per heavy atom. The molecule has 1 heterocycles. The molecule has 3 rings (SSSR count). The van der Waals surface area contributed by atoms with E-state index in [1.807, 2.05) is 32.0 Å². The Balaban J connectivity index is 1.61. The molecule has 7 heteroatoms. The summed E-state index contributed by atoms with van der Waals surface area (Å²) in [5.74, 6) is 0.710. The molecule has 0 atom stereocenters. The van der Waals surface area contributed by atoms with Gasteiger partial charge in [0.15, 0.2) is 6.61 Å². The van der Waals surface area contributed by atoms with Gasteiger partial charge >= 0.3 is 0 Å². The van der Waals surface area contributed by atoms with E-state index < -0.39 is 0 Å². The molecule has 0 saturated heterocycles. The normalized spacial score (nSPS) is 10.5. The molecule has 0 radical (unpaired) electrons. The van der Waals surface area contributed by atoms with Gasteiger partial charge in [-0.15, -0.1) is 0 Å². The monoisotopic (exact) mass is 357 g/mol. The van der Waals surface area contributed by atoms with Gasteiger partial charge in [-0.2, -0.15) is 4.98 Å². The number of nitrogens with zero attached hydrogens (tertiary/aromatic N) is 2. The van der Waals surface area contributed by atoms with Gasteiger partial charge in [0.2, 0.25) is 0 Å². The first-order valence-electron chi connectivity index (χ1n) is 7.61. The van der Waals surface area contributed by atoms with Gasteiger partial charge in [0.25, 0.3) is 17.7 Å². The summed E-state index contributed by atoms with van der Waals surface area (Å²) in [5, 5.41) is 6.90. The highest BCUT2D eigenvalue weighted by Gasteiger charge is 2.13. The number of aryl methyl sites for hydroxylation is 2. The van der Waals surface area contributed by atoms with Crippen LogP contribution in [0.25, 0.3) is 11.5 Å². The lowest BCUT2D eigenvalue weighted by atomic mass is 10.1. The van der Waals surface area contributed by atoms with Crippen molar-refractivity contribution < 1.29 is 14.1 Å². The second kappa shape index (κ2) is 7.36. The summed E-state index contributed by atoms with van der Waals surface area (Å²) in [4.78, 5) is 16.2. The van der Waals surface area contributed by atoms with E-state index in [0.717, 1.165) is 11.1 Å². The topological polar surface area (TPSA) is 77.2 Å². The van der Waals surface area contributed by atoms with E-state index in [9.17, 15) is 4.79 Å². The third kappa shape index (κ3) is 4.16. The summed E-state index contributed by atoms with van der Waals surface area (Å²) in [6.07, 6.45) is 0. The van der Waals surface area contributed by atoms with Crippen LogP contribution in [0.1, 0.15) is 11.1 Å². The number of hydrogen-bond donors (Lipinski definition) is 1. The Morgan fingerprint density at radius 3 is 2.52 bits per heavy atom. The largest absolute Gasteiger partial charge is 0.483 e. The Morgan fingerprint density at radius 2 is 1.84 bits per heavy atom. The quantitative estimate of drug-likeness (QED) is 0.746. The van der Waals surface area contributed by atoms with Gasteiger partial charge in [-0.05, 0) is 54.4 Å². The van der Waals surface area contributed by atoms with Crippen LogP contribution in [0.15, 0.2) is 47.0 Å². The molecule has 0 unspecified atom stereocenters. The number of amides is 1. The first-order valence-corrected chi connectivity index (χ1v) is 7.99. The number of rotatable bonds is 5. The number of aromatic nitrogens is 2. The van der Waals surface area contributed by atoms with E-state index in [2.05, 4.69) is 15.5 Å². The molecular weight excluding hydrogens is 342 g/mol. The Kier molecular flexibility index (Phi) is 5.00. The standard InChI is InChI=1S/C18H16ClN3O3/c1-11-4-3-5-12(2)16(11)24-10-15(23)20-18-21-17(25-22-18)13-6-8-14(19)9-7-13/h3-9H,10H2,1-2H3,(H,20,22,23). The zero-order valence-corrected chi connectivity index (χ0v) is 14.5. The van der Waals surface area contributed by atoms with Gasteiger partial charge in [-0.3, -0.25) is 10.1 Å². The van der Waals surface area contributed by atoms with E-state index in [0.29, 0.717) is 22.2 Å². The summed E-state index contributed by atoms with van der Waals surface area (Å²) >= 11 is 5.84. The number of para-hydroxylation sites is 1. The molecule has 128 valence electrons. The van der Waals surface area contributed by atoms with E-state index in [1.165, 1.54) is 0 Å². The van der Waals surface area contributed by atoms with Gasteiger partial charge in [-0.25, -0.2) is 0 Å². The highest BCUT2D eigenvalue weighted by atomic mass is 35.5. The van der Waals surface area contributed by atoms with Crippen molar-refractivity contribution in [2.75, 3.05) is 11.9 Å². The fourth-order valence-corrected chi connectivity index (χ4v) is 2.44. The van der Waals surface area contributed by atoms with Crippen LogP contribution in [0.4, 0.5) is 5.95 Å². The molecule has 0 saturated carbocycles. The molecule has 1 amide bonds. The minimum absolute atomic E-state index is 0.0834. The number of nitrogens with one attached hydrogen (secondary N) is 1. The SMILES string of the molecule is Cc1cccc(C)c1OCC(=O)Nc1noc(-c2ccc(Cl)cc2)n1. The second-order valence-corrected chi connectivity index (χ2v) is 5.92. The molecule has 0 aliphatic heterocycles. The van der Waals surface area contributed by atoms with Crippen molar-refractivity contribution in [3.8, 4) is 17.2 Å². The van der Waals surface area contributed by atoms with E-state index in [-0.39, 0.29) is 18.5 Å². The van der Waals surface area contributed by atoms with Crippen molar-refractivity contribution in [2.24, 2.45) is 0 Å². The number of carbonyl (C=O) groups excluding carboxylic acids is 1. The Labute approximate surface area is 149 Å². The van der Waals surface area contributed by atoms with Crippen molar-refractivity contribution in [2.45, 2.75) is 13.8 Å². The molecule has 2 aromatic carbocycles. The van der Waals surface area contributed by atoms with E-state index >= 15 is 0 Å². The van der Waals surface area contributed by atoms with Crippen LogP contribution in [0.3, 0.4) is 0 Å². The second-order valence-electron chi connectivity index (χ2n) is 5.49. The van der Waals surface area contributed by atoms with Crippen LogP contribution in [0, 0.1) is 13.8 Å². The summed E-state index contributed by atoms with van der Waals surface area (Å²) < 4.78 is 10.7. The zero-order chi connectivity index (χ0) is 17.8. The maximum atomic E-state index is 12.0. The molecule has 25 heavy (non-hydrogen) atoms. The summed E-state index contributed by atoms with van der Waals surface area (Å²) in [5.41, 5.74) is 2.65. The fraction of sp³-hybridized carbons (Fsp3) is 0.167. The van der Waals surface area contributed by atoms with E-state index in [4.69, 9.17) is 20.9 Å². The van der Waals surface area contributed by atoms with Crippen molar-refractivity contribution in [3.63, 3.8) is 0 Å². The Bertz CT molecular complexity index is 871. The van der Waals surface area contributed by atoms with Gasteiger partial charge in [0, 0.05) is 10.6 Å². The molecule has 6 nitrogen and oxygen atoms in total. The number of ether oxygens (including phenoxy) is 1. The minimum atomic E-state index is -0.369. The molecule has 0 spiro atoms. The Hall–Kier alpha value is -2.86. The average Bonchev–Trinajstić information content (AvgIpc) is 3.03. The first-order chi connectivity index (χ1) is 12.0. The number of carbonyl (C=O) groups is 1. The maximum absolute atomic E-state index is 12.0. The van der Waals surface area contributed by atoms with Crippen LogP contribution in [-0.2, 0) is 4.79 Å². The van der Waals surface area contributed by atoms with Crippen LogP contribution >= 0.6 is 11.6 Å². The molecule has 0 aliphatic rings. The van der Waals surface area contributed by atoms with Gasteiger partial charge in [-0.1, -0.05) is 29.8 Å². The van der Waals surface area contributed by atoms with Gasteiger partial charge < -0.3 is 9.26 Å². The summed E-state index contributed by atoms with van der Waals surface area (Å²) in [7, 11) is 0. The highest BCUT2D eigenvalue weighted by Crippen LogP contribution is 2.23. The number of benzene rings is 2. The van der Waals surface area contributed by atoms with Crippen LogP contribution in [-0.4, -0.2) is 22.7 Å². The third-order valence-electron chi connectivity index (χ3n) is 3.52. The highest BCUT2D eigenvalue weighted by molar-refractivity contribution is 6.30. The third-order valence-corrected chi connectivity index (χ3v) is 3.78. The molecule has 1 N–H and O–H groups in total. The lowest BCUT2D eigenvalue weighted by Gasteiger charge is -2.10. The number of halogens is 1. The molecule has 1 aromatic heterocycles. The zero-order valence-electron chi connectivity index (χ0n) is 13.7. The predicted octanol–water partition coefficient (Wildman–Crippen LogP) is 4.02. The van der Waals surface area contributed by atoms with Crippen LogP contribution < -0.4 is 10.1 Å². The molecule has 3 aromatic rings. The lowest BCUT2D eigenvalue weighted by molar-refractivity contribution is -0.118. The molecule has 0 bridgehead atoms. The predicted molar refractivity (Wildman–Crippen MR) is 94.8 cm³/mol. The van der Waals surface area contributed by atoms with Crippen molar-refractivity contribution in [3.05, 3.63) is 58.6 Å². The fourth-order valence-electron chi connectivity index (χ4n) is 2.31. The number of anilines is 1. The van der Waals surface area contributed by atoms with Crippen LogP contribution in [0.2, 0.25) is 5.02 Å². The van der Waals surface area contributed by atoms with Gasteiger partial charge in [0.05, 0.1) is 0 Å². The first kappa shape index (κ1) is 17.0. The smallest absolute Gasteiger partial charge is 0.270 e. The van der Waals surface area contributed by atoms with E-state index in [1.54, 1.807) is 24.3 Å². The summed E-state index contributed by atoms with van der Waals surface area (Å²) in [6.45, 7) is 3.71. The molecule has 0 aliphatic carbocycles. The molecule has 0 fully saturated rings. The lowest BCUT2D eigenvalue weighted by Crippen LogP contribution is -2.21. The average molecular weight is 358 g/mol. The van der Waals surface area contributed by atoms with Crippen LogP contribution in [0.5, 0.6) is 5.75 Å². The summed E-state index contributed by atoms with van der Waals surface area (Å²) in [6, 6.07) is 12.7. The van der Waals surface area contributed by atoms with Crippen molar-refractivity contribution in [1.82, 2.24) is 10.1 Å². The van der Waals surface area contributed by atoms with Gasteiger partial charge in [0.1, 0.15) is 5.75 Å². The number of hydrogen-bond acceptors (Lipinski definition) is 5. The molecular formula is C18H16ClN3O3. The minimum Gasteiger partial charge on any atom is -0.483 e. The van der Waals surface area contributed by atoms with Crippen molar-refractivity contribution in [1.29, 1.82) is 0 Å².